The van der Waals surface area contributed by atoms with Gasteiger partial charge in [-0.05, 0) is 32.0 Å². The lowest BCUT2D eigenvalue weighted by atomic mass is 10.1. The topological polar surface area (TPSA) is 64.1 Å². The summed E-state index contributed by atoms with van der Waals surface area (Å²) >= 11 is 0.854. The van der Waals surface area contributed by atoms with Crippen molar-refractivity contribution >= 4 is 23.4 Å². The Balaban J connectivity index is 1.83. The molecular weight excluding hydrogens is 427 g/mol. The Morgan fingerprint density at radius 2 is 1.77 bits per heavy atom. The van der Waals surface area contributed by atoms with Crippen LogP contribution >= 0.6 is 11.8 Å². The first kappa shape index (κ1) is 22.6. The maximum absolute atomic E-state index is 13.4. The van der Waals surface area contributed by atoms with Gasteiger partial charge in [-0.25, -0.2) is 9.97 Å². The normalized spacial score (nSPS) is 12.3. The molecule has 1 heterocycles. The van der Waals surface area contributed by atoms with E-state index in [4.69, 9.17) is 4.74 Å². The van der Waals surface area contributed by atoms with E-state index in [9.17, 15) is 18.0 Å². The fourth-order valence-corrected chi connectivity index (χ4v) is 3.46. The van der Waals surface area contributed by atoms with E-state index in [2.05, 4.69) is 15.3 Å². The number of carbonyl (C=O) groups excluding carboxylic acids is 1. The molecule has 3 aromatic rings. The zero-order valence-corrected chi connectivity index (χ0v) is 17.6. The number of nitrogens with one attached hydrogen (secondary N) is 1. The van der Waals surface area contributed by atoms with Crippen molar-refractivity contribution in [2.75, 3.05) is 11.9 Å². The molecule has 31 heavy (non-hydrogen) atoms. The van der Waals surface area contributed by atoms with Gasteiger partial charge in [-0.2, -0.15) is 13.2 Å². The molecule has 2 aromatic carbocycles. The number of alkyl halides is 3. The first-order valence-electron chi connectivity index (χ1n) is 9.49. The smallest absolute Gasteiger partial charge is 0.433 e. The van der Waals surface area contributed by atoms with Gasteiger partial charge in [-0.1, -0.05) is 54.2 Å². The van der Waals surface area contributed by atoms with Gasteiger partial charge in [0, 0.05) is 5.56 Å². The van der Waals surface area contributed by atoms with Crippen LogP contribution in [0.5, 0.6) is 5.75 Å². The summed E-state index contributed by atoms with van der Waals surface area (Å²) in [5.41, 5.74) is 0.0922. The lowest BCUT2D eigenvalue weighted by molar-refractivity contribution is -0.141. The fraction of sp³-hybridized carbons (Fsp3) is 0.227. The van der Waals surface area contributed by atoms with Crippen LogP contribution in [0.1, 0.15) is 19.5 Å². The van der Waals surface area contributed by atoms with Gasteiger partial charge in [-0.15, -0.1) is 0 Å². The molecule has 1 amide bonds. The molecule has 0 spiro atoms. The van der Waals surface area contributed by atoms with Gasteiger partial charge in [-0.3, -0.25) is 4.79 Å². The number of benzene rings is 2. The Bertz CT molecular complexity index is 1050. The van der Waals surface area contributed by atoms with Crippen molar-refractivity contribution in [3.05, 3.63) is 66.4 Å². The molecule has 0 radical (unpaired) electrons. The van der Waals surface area contributed by atoms with Gasteiger partial charge in [0.1, 0.15) is 11.4 Å². The third-order valence-electron chi connectivity index (χ3n) is 4.16. The summed E-state index contributed by atoms with van der Waals surface area (Å²) in [7, 11) is 0. The van der Waals surface area contributed by atoms with E-state index in [1.165, 1.54) is 0 Å². The number of amides is 1. The van der Waals surface area contributed by atoms with E-state index in [-0.39, 0.29) is 10.9 Å². The second-order valence-electron chi connectivity index (χ2n) is 6.46. The zero-order chi connectivity index (χ0) is 22.4. The number of hydrogen-bond acceptors (Lipinski definition) is 5. The largest absolute Gasteiger partial charge is 0.492 e. The van der Waals surface area contributed by atoms with Crippen LogP contribution in [0.25, 0.3) is 11.3 Å². The van der Waals surface area contributed by atoms with Crippen LogP contribution in [0, 0.1) is 0 Å². The number of rotatable bonds is 7. The van der Waals surface area contributed by atoms with Crippen LogP contribution in [-0.2, 0) is 11.0 Å². The highest BCUT2D eigenvalue weighted by molar-refractivity contribution is 8.00. The van der Waals surface area contributed by atoms with Gasteiger partial charge in [0.25, 0.3) is 0 Å². The molecule has 9 heteroatoms. The number of ether oxygens (including phenoxy) is 1. The van der Waals surface area contributed by atoms with Crippen LogP contribution in [0.4, 0.5) is 18.9 Å². The van der Waals surface area contributed by atoms with Crippen molar-refractivity contribution in [1.29, 1.82) is 0 Å². The van der Waals surface area contributed by atoms with Crippen molar-refractivity contribution < 1.29 is 22.7 Å². The highest BCUT2D eigenvalue weighted by Crippen LogP contribution is 2.33. The van der Waals surface area contributed by atoms with E-state index in [1.54, 1.807) is 61.5 Å². The third-order valence-corrected chi connectivity index (χ3v) is 5.12. The van der Waals surface area contributed by atoms with Crippen molar-refractivity contribution in [1.82, 2.24) is 9.97 Å². The van der Waals surface area contributed by atoms with Crippen LogP contribution in [0.15, 0.2) is 65.8 Å². The Kier molecular flexibility index (Phi) is 7.17. The molecule has 5 nitrogen and oxygen atoms in total. The van der Waals surface area contributed by atoms with Crippen LogP contribution in [0.2, 0.25) is 0 Å². The summed E-state index contributed by atoms with van der Waals surface area (Å²) < 4.78 is 45.6. The Hall–Kier alpha value is -3.07. The van der Waals surface area contributed by atoms with E-state index >= 15 is 0 Å². The molecule has 0 bridgehead atoms. The van der Waals surface area contributed by atoms with E-state index < -0.39 is 23.0 Å². The zero-order valence-electron chi connectivity index (χ0n) is 16.8. The summed E-state index contributed by atoms with van der Waals surface area (Å²) in [5, 5.41) is 1.87. The maximum atomic E-state index is 13.4. The second-order valence-corrected chi connectivity index (χ2v) is 7.77. The van der Waals surface area contributed by atoms with Crippen LogP contribution in [-0.4, -0.2) is 27.7 Å². The molecule has 0 aliphatic carbocycles. The standard InChI is InChI=1S/C22H20F3N3O2S/c1-3-30-18-12-8-7-11-16(18)26-20(29)14(2)31-21-27-17(15-9-5-4-6-10-15)13-19(28-21)22(23,24)25/h4-14H,3H2,1-2H3,(H,26,29)/t14-/m1/s1. The predicted octanol–water partition coefficient (Wildman–Crippen LogP) is 5.68. The van der Waals surface area contributed by atoms with Crippen LogP contribution in [0.3, 0.4) is 0 Å². The average molecular weight is 447 g/mol. The van der Waals surface area contributed by atoms with Gasteiger partial charge >= 0.3 is 6.18 Å². The maximum Gasteiger partial charge on any atom is 0.433 e. The van der Waals surface area contributed by atoms with Gasteiger partial charge in [0.15, 0.2) is 5.16 Å². The predicted molar refractivity (Wildman–Crippen MR) is 114 cm³/mol. The lowest BCUT2D eigenvalue weighted by Gasteiger charge is -2.15. The van der Waals surface area contributed by atoms with Crippen molar-refractivity contribution in [2.24, 2.45) is 0 Å². The number of carbonyl (C=O) groups is 1. The lowest BCUT2D eigenvalue weighted by Crippen LogP contribution is -2.23. The molecule has 0 unspecified atom stereocenters. The Morgan fingerprint density at radius 1 is 1.10 bits per heavy atom. The van der Waals surface area contributed by atoms with E-state index in [0.717, 1.165) is 17.8 Å². The minimum atomic E-state index is -4.64. The summed E-state index contributed by atoms with van der Waals surface area (Å²) in [4.78, 5) is 20.5. The van der Waals surface area contributed by atoms with Crippen molar-refractivity contribution in [3.63, 3.8) is 0 Å². The highest BCUT2D eigenvalue weighted by atomic mass is 32.2. The van der Waals surface area contributed by atoms with Gasteiger partial charge < -0.3 is 10.1 Å². The second kappa shape index (κ2) is 9.82. The Labute approximate surface area is 182 Å². The molecule has 1 atom stereocenters. The van der Waals surface area contributed by atoms with E-state index in [0.29, 0.717) is 23.6 Å². The number of halogens is 3. The van der Waals surface area contributed by atoms with Crippen LogP contribution < -0.4 is 10.1 Å². The third kappa shape index (κ3) is 5.97. The minimum absolute atomic E-state index is 0.130. The SMILES string of the molecule is CCOc1ccccc1NC(=O)[C@@H](C)Sc1nc(-c2ccccc2)cc(C(F)(F)F)n1. The quantitative estimate of drug-likeness (QED) is 0.373. The average Bonchev–Trinajstić information content (AvgIpc) is 2.75. The minimum Gasteiger partial charge on any atom is -0.492 e. The number of para-hydroxylation sites is 2. The van der Waals surface area contributed by atoms with Crippen molar-refractivity contribution in [3.8, 4) is 17.0 Å². The fourth-order valence-electron chi connectivity index (χ4n) is 2.68. The number of thioether (sulfide) groups is 1. The molecular formula is C22H20F3N3O2S. The molecule has 0 fully saturated rings. The van der Waals surface area contributed by atoms with Gasteiger partial charge in [0.05, 0.1) is 23.2 Å². The number of nitrogens with zero attached hydrogens (tertiary/aromatic N) is 2. The van der Waals surface area contributed by atoms with E-state index in [1.807, 2.05) is 6.92 Å². The first-order chi connectivity index (χ1) is 14.8. The number of anilines is 1. The summed E-state index contributed by atoms with van der Waals surface area (Å²) in [6.07, 6.45) is -4.64. The Morgan fingerprint density at radius 3 is 2.45 bits per heavy atom. The number of hydrogen-bond donors (Lipinski definition) is 1. The van der Waals surface area contributed by atoms with Crippen molar-refractivity contribution in [2.45, 2.75) is 30.4 Å². The summed E-state index contributed by atoms with van der Waals surface area (Å²) in [5.74, 6) is 0.108. The molecule has 162 valence electrons. The molecule has 3 rings (SSSR count). The molecule has 0 aliphatic rings. The molecule has 0 aliphatic heterocycles. The first-order valence-corrected chi connectivity index (χ1v) is 10.4. The summed E-state index contributed by atoms with van der Waals surface area (Å²) in [6.45, 7) is 3.83. The summed E-state index contributed by atoms with van der Waals surface area (Å²) in [6, 6.07) is 16.4. The molecule has 1 N–H and O–H groups in total. The highest BCUT2D eigenvalue weighted by Gasteiger charge is 2.34. The molecule has 0 saturated heterocycles. The molecule has 0 saturated carbocycles. The van der Waals surface area contributed by atoms with Gasteiger partial charge in [0.2, 0.25) is 5.91 Å². The monoisotopic (exact) mass is 447 g/mol. The number of aromatic nitrogens is 2. The molecule has 1 aromatic heterocycles.